The number of hydrogen-bond acceptors (Lipinski definition) is 5. The fourth-order valence-electron chi connectivity index (χ4n) is 2.34. The van der Waals surface area contributed by atoms with E-state index in [0.717, 1.165) is 43.2 Å². The monoisotopic (exact) mass is 268 g/mol. The second-order valence-electron chi connectivity index (χ2n) is 4.74. The summed E-state index contributed by atoms with van der Waals surface area (Å²) in [5.41, 5.74) is 6.39. The molecular weight excluding hydrogens is 248 g/mol. The van der Waals surface area contributed by atoms with Gasteiger partial charge in [-0.1, -0.05) is 0 Å². The molecule has 18 heavy (non-hydrogen) atoms. The molecule has 1 aliphatic rings. The smallest absolute Gasteiger partial charge is 0.231 e. The number of aromatic nitrogens is 1. The Kier molecular flexibility index (Phi) is 4.68. The van der Waals surface area contributed by atoms with E-state index in [-0.39, 0.29) is 5.91 Å². The molecular formula is C12H20N4OS. The predicted octanol–water partition coefficient (Wildman–Crippen LogP) is 0.491. The Hall–Kier alpha value is -0.980. The van der Waals surface area contributed by atoms with Crippen LogP contribution in [-0.2, 0) is 11.3 Å². The highest BCUT2D eigenvalue weighted by Gasteiger charge is 2.23. The molecule has 100 valence electrons. The van der Waals surface area contributed by atoms with E-state index in [1.165, 1.54) is 0 Å². The number of nitrogens with two attached hydrogens (primary N) is 1. The van der Waals surface area contributed by atoms with E-state index in [9.17, 15) is 4.79 Å². The highest BCUT2D eigenvalue weighted by molar-refractivity contribution is 7.09. The van der Waals surface area contributed by atoms with Crippen molar-refractivity contribution in [1.82, 2.24) is 15.2 Å². The molecule has 6 heteroatoms. The third kappa shape index (κ3) is 3.76. The van der Waals surface area contributed by atoms with Gasteiger partial charge in [-0.25, -0.2) is 4.98 Å². The SMILES string of the molecule is Cc1csc(CN(CC(N)=O)C2CCNCC2)n1. The molecule has 0 radical (unpaired) electrons. The van der Waals surface area contributed by atoms with Crippen molar-refractivity contribution in [3.8, 4) is 0 Å². The normalized spacial score (nSPS) is 17.2. The third-order valence-electron chi connectivity index (χ3n) is 3.19. The molecule has 2 heterocycles. The molecule has 3 N–H and O–H groups in total. The second-order valence-corrected chi connectivity index (χ2v) is 5.68. The lowest BCUT2D eigenvalue weighted by Gasteiger charge is -2.33. The van der Waals surface area contributed by atoms with Gasteiger partial charge in [-0.15, -0.1) is 11.3 Å². The Bertz CT molecular complexity index is 401. The number of rotatable bonds is 5. The fraction of sp³-hybridized carbons (Fsp3) is 0.667. The first kappa shape index (κ1) is 13.5. The molecule has 0 aromatic carbocycles. The first-order chi connectivity index (χ1) is 8.65. The highest BCUT2D eigenvalue weighted by atomic mass is 32.1. The molecule has 1 aliphatic heterocycles. The van der Waals surface area contributed by atoms with Crippen molar-refractivity contribution < 1.29 is 4.79 Å². The lowest BCUT2D eigenvalue weighted by Crippen LogP contribution is -2.46. The minimum absolute atomic E-state index is 0.262. The molecule has 1 aromatic rings. The molecule has 0 bridgehead atoms. The molecule has 1 fully saturated rings. The van der Waals surface area contributed by atoms with Crippen LogP contribution < -0.4 is 11.1 Å². The van der Waals surface area contributed by atoms with Gasteiger partial charge >= 0.3 is 0 Å². The van der Waals surface area contributed by atoms with Crippen molar-refractivity contribution in [2.75, 3.05) is 19.6 Å². The summed E-state index contributed by atoms with van der Waals surface area (Å²) in [6, 6.07) is 0.433. The molecule has 1 amide bonds. The summed E-state index contributed by atoms with van der Waals surface area (Å²) in [4.78, 5) is 17.8. The maximum atomic E-state index is 11.2. The molecule has 0 atom stereocenters. The second kappa shape index (κ2) is 6.26. The zero-order chi connectivity index (χ0) is 13.0. The van der Waals surface area contributed by atoms with E-state index < -0.39 is 0 Å². The zero-order valence-corrected chi connectivity index (χ0v) is 11.5. The quantitative estimate of drug-likeness (QED) is 0.815. The summed E-state index contributed by atoms with van der Waals surface area (Å²) in [5.74, 6) is -0.262. The average Bonchev–Trinajstić information content (AvgIpc) is 2.75. The van der Waals surface area contributed by atoms with E-state index in [2.05, 4.69) is 15.2 Å². The molecule has 0 aliphatic carbocycles. The molecule has 2 rings (SSSR count). The van der Waals surface area contributed by atoms with Gasteiger partial charge in [-0.3, -0.25) is 9.69 Å². The lowest BCUT2D eigenvalue weighted by atomic mass is 10.0. The number of aryl methyl sites for hydroxylation is 1. The van der Waals surface area contributed by atoms with Crippen LogP contribution in [0.25, 0.3) is 0 Å². The number of amides is 1. The van der Waals surface area contributed by atoms with Crippen LogP contribution in [0, 0.1) is 6.92 Å². The summed E-state index contributed by atoms with van der Waals surface area (Å²) < 4.78 is 0. The van der Waals surface area contributed by atoms with Crippen LogP contribution in [0.3, 0.4) is 0 Å². The van der Waals surface area contributed by atoms with E-state index >= 15 is 0 Å². The number of nitrogens with zero attached hydrogens (tertiary/aromatic N) is 2. The van der Waals surface area contributed by atoms with E-state index in [1.54, 1.807) is 11.3 Å². The topological polar surface area (TPSA) is 71.2 Å². The standard InChI is InChI=1S/C12H20N4OS/c1-9-8-18-12(15-9)7-16(6-11(13)17)10-2-4-14-5-3-10/h8,10,14H,2-7H2,1H3,(H2,13,17). The molecule has 5 nitrogen and oxygen atoms in total. The first-order valence-corrected chi connectivity index (χ1v) is 7.17. The van der Waals surface area contributed by atoms with Gasteiger partial charge in [-0.05, 0) is 32.9 Å². The number of nitrogens with one attached hydrogen (secondary N) is 1. The Balaban J connectivity index is 2.01. The van der Waals surface area contributed by atoms with Gasteiger partial charge in [0.2, 0.25) is 5.91 Å². The van der Waals surface area contributed by atoms with Crippen LogP contribution in [-0.4, -0.2) is 41.5 Å². The molecule has 0 unspecified atom stereocenters. The van der Waals surface area contributed by atoms with Crippen LogP contribution >= 0.6 is 11.3 Å². The van der Waals surface area contributed by atoms with Crippen LogP contribution in [0.2, 0.25) is 0 Å². The van der Waals surface area contributed by atoms with Gasteiger partial charge in [0.1, 0.15) is 5.01 Å². The number of primary amides is 1. The number of hydrogen-bond donors (Lipinski definition) is 2. The van der Waals surface area contributed by atoms with Gasteiger partial charge in [0.25, 0.3) is 0 Å². The molecule has 1 saturated heterocycles. The van der Waals surface area contributed by atoms with Gasteiger partial charge in [-0.2, -0.15) is 0 Å². The van der Waals surface area contributed by atoms with Crippen molar-refractivity contribution in [1.29, 1.82) is 0 Å². The van der Waals surface area contributed by atoms with Gasteiger partial charge in [0.15, 0.2) is 0 Å². The Morgan fingerprint density at radius 1 is 1.61 bits per heavy atom. The van der Waals surface area contributed by atoms with E-state index in [0.29, 0.717) is 12.6 Å². The summed E-state index contributed by atoms with van der Waals surface area (Å²) >= 11 is 1.65. The molecule has 0 spiro atoms. The van der Waals surface area contributed by atoms with Crippen molar-refractivity contribution in [2.45, 2.75) is 32.4 Å². The van der Waals surface area contributed by atoms with Crippen molar-refractivity contribution in [2.24, 2.45) is 5.73 Å². The summed E-state index contributed by atoms with van der Waals surface area (Å²) in [6.07, 6.45) is 2.13. The summed E-state index contributed by atoms with van der Waals surface area (Å²) in [7, 11) is 0. The van der Waals surface area contributed by atoms with Crippen LogP contribution in [0.5, 0.6) is 0 Å². The first-order valence-electron chi connectivity index (χ1n) is 6.29. The maximum absolute atomic E-state index is 11.2. The van der Waals surface area contributed by atoms with Crippen molar-refractivity contribution in [3.63, 3.8) is 0 Å². The van der Waals surface area contributed by atoms with E-state index in [1.807, 2.05) is 12.3 Å². The van der Waals surface area contributed by atoms with Gasteiger partial charge in [0, 0.05) is 17.1 Å². The Labute approximate surface area is 111 Å². The molecule has 1 aromatic heterocycles. The maximum Gasteiger partial charge on any atom is 0.231 e. The minimum Gasteiger partial charge on any atom is -0.369 e. The summed E-state index contributed by atoms with van der Waals surface area (Å²) in [6.45, 7) is 5.06. The van der Waals surface area contributed by atoms with Crippen LogP contribution in [0.1, 0.15) is 23.5 Å². The Morgan fingerprint density at radius 3 is 2.89 bits per heavy atom. The third-order valence-corrected chi connectivity index (χ3v) is 4.14. The number of thiazole rings is 1. The predicted molar refractivity (Wildman–Crippen MR) is 72.3 cm³/mol. The largest absolute Gasteiger partial charge is 0.369 e. The fourth-order valence-corrected chi connectivity index (χ4v) is 3.13. The zero-order valence-electron chi connectivity index (χ0n) is 10.7. The number of carbonyl (C=O) groups excluding carboxylic acids is 1. The minimum atomic E-state index is -0.262. The van der Waals surface area contributed by atoms with Gasteiger partial charge in [0.05, 0.1) is 13.1 Å². The number of carbonyl (C=O) groups is 1. The lowest BCUT2D eigenvalue weighted by molar-refractivity contribution is -0.120. The molecule has 0 saturated carbocycles. The van der Waals surface area contributed by atoms with Crippen molar-refractivity contribution in [3.05, 3.63) is 16.1 Å². The highest BCUT2D eigenvalue weighted by Crippen LogP contribution is 2.17. The average molecular weight is 268 g/mol. The van der Waals surface area contributed by atoms with Crippen molar-refractivity contribution >= 4 is 17.2 Å². The van der Waals surface area contributed by atoms with Gasteiger partial charge < -0.3 is 11.1 Å². The van der Waals surface area contributed by atoms with Crippen LogP contribution in [0.4, 0.5) is 0 Å². The van der Waals surface area contributed by atoms with E-state index in [4.69, 9.17) is 5.73 Å². The number of piperidine rings is 1. The Morgan fingerprint density at radius 2 is 2.33 bits per heavy atom. The van der Waals surface area contributed by atoms with Crippen LogP contribution in [0.15, 0.2) is 5.38 Å². The summed E-state index contributed by atoms with van der Waals surface area (Å²) in [5, 5.41) is 6.44.